The number of piperazine rings is 1. The van der Waals surface area contributed by atoms with Crippen molar-refractivity contribution in [3.8, 4) is 0 Å². The first-order valence-corrected chi connectivity index (χ1v) is 9.68. The molecule has 3 amide bonds. The first-order valence-electron chi connectivity index (χ1n) is 9.68. The lowest BCUT2D eigenvalue weighted by Gasteiger charge is -2.37. The molecule has 1 N–H and O–H groups in total. The Hall–Kier alpha value is -2.64. The van der Waals surface area contributed by atoms with Crippen LogP contribution in [0.5, 0.6) is 0 Å². The average Bonchev–Trinajstić information content (AvgIpc) is 2.60. The van der Waals surface area contributed by atoms with Crippen molar-refractivity contribution >= 4 is 23.6 Å². The molecule has 0 spiro atoms. The first-order chi connectivity index (χ1) is 13.1. The predicted molar refractivity (Wildman–Crippen MR) is 104 cm³/mol. The molecule has 8 nitrogen and oxygen atoms in total. The Morgan fingerprint density at radius 3 is 2.43 bits per heavy atom. The molecule has 2 aliphatic rings. The van der Waals surface area contributed by atoms with Crippen LogP contribution in [0.1, 0.15) is 50.9 Å². The molecular formula is C20H28N4O4. The Kier molecular flexibility index (Phi) is 5.58. The van der Waals surface area contributed by atoms with E-state index in [-0.39, 0.29) is 23.8 Å². The minimum Gasteiger partial charge on any atom is -0.444 e. The molecule has 2 fully saturated rings. The topological polar surface area (TPSA) is 91.8 Å². The minimum atomic E-state index is -0.499. The fourth-order valence-corrected chi connectivity index (χ4v) is 3.53. The number of carbonyl (C=O) groups is 3. The average molecular weight is 388 g/mol. The number of nitrogens with zero attached hydrogens (tertiary/aromatic N) is 3. The van der Waals surface area contributed by atoms with Crippen LogP contribution in [0.15, 0.2) is 12.1 Å². The molecule has 152 valence electrons. The van der Waals surface area contributed by atoms with E-state index in [2.05, 4.69) is 15.2 Å². The fourth-order valence-electron chi connectivity index (χ4n) is 3.53. The van der Waals surface area contributed by atoms with Gasteiger partial charge in [0.2, 0.25) is 11.8 Å². The van der Waals surface area contributed by atoms with Gasteiger partial charge in [0.1, 0.15) is 5.60 Å². The maximum Gasteiger partial charge on any atom is 0.410 e. The number of pyridine rings is 1. The number of nitrogens with one attached hydrogen (secondary N) is 1. The molecule has 1 aromatic rings. The molecule has 3 rings (SSSR count). The van der Waals surface area contributed by atoms with Gasteiger partial charge in [-0.2, -0.15) is 0 Å². The molecule has 3 heterocycles. The van der Waals surface area contributed by atoms with Gasteiger partial charge in [-0.3, -0.25) is 19.9 Å². The van der Waals surface area contributed by atoms with Gasteiger partial charge in [-0.25, -0.2) is 4.79 Å². The second kappa shape index (κ2) is 7.77. The van der Waals surface area contributed by atoms with E-state index in [1.807, 2.05) is 39.8 Å². The van der Waals surface area contributed by atoms with E-state index in [0.29, 0.717) is 44.7 Å². The van der Waals surface area contributed by atoms with Gasteiger partial charge < -0.3 is 14.5 Å². The Labute approximate surface area is 165 Å². The van der Waals surface area contributed by atoms with Crippen LogP contribution in [0.25, 0.3) is 0 Å². The van der Waals surface area contributed by atoms with Gasteiger partial charge in [-0.05, 0) is 46.2 Å². The zero-order chi connectivity index (χ0) is 20.5. The smallest absolute Gasteiger partial charge is 0.410 e. The number of anilines is 1. The molecule has 1 unspecified atom stereocenters. The Bertz CT molecular complexity index is 779. The highest BCUT2D eigenvalue weighted by Crippen LogP contribution is 2.27. The molecule has 2 saturated heterocycles. The third-order valence-corrected chi connectivity index (χ3v) is 4.95. The molecule has 0 saturated carbocycles. The third kappa shape index (κ3) is 4.61. The van der Waals surface area contributed by atoms with Crippen molar-refractivity contribution in [1.82, 2.24) is 15.2 Å². The zero-order valence-corrected chi connectivity index (χ0v) is 16.9. The molecule has 1 aromatic heterocycles. The van der Waals surface area contributed by atoms with Crippen molar-refractivity contribution in [3.63, 3.8) is 0 Å². The van der Waals surface area contributed by atoms with Gasteiger partial charge in [0.25, 0.3) is 0 Å². The van der Waals surface area contributed by atoms with E-state index in [9.17, 15) is 14.4 Å². The number of hydrogen-bond donors (Lipinski definition) is 1. The number of rotatable bonds is 2. The van der Waals surface area contributed by atoms with Crippen LogP contribution in [0.2, 0.25) is 0 Å². The van der Waals surface area contributed by atoms with E-state index in [1.165, 1.54) is 0 Å². The standard InChI is InChI=1S/C20H28N4O4/c1-13-16(7-6-15(21-13)14-5-8-17(25)22-18(14)26)23-9-11-24(12-10-23)19(27)28-20(2,3)4/h6-7,14H,5,8-12H2,1-4H3,(H,22,25,26). The van der Waals surface area contributed by atoms with Crippen LogP contribution in [-0.4, -0.2) is 59.6 Å². The number of hydrogen-bond acceptors (Lipinski definition) is 6. The highest BCUT2D eigenvalue weighted by atomic mass is 16.6. The zero-order valence-electron chi connectivity index (χ0n) is 16.9. The van der Waals surface area contributed by atoms with Gasteiger partial charge in [-0.1, -0.05) is 0 Å². The summed E-state index contributed by atoms with van der Waals surface area (Å²) in [5.41, 5.74) is 2.03. The molecule has 0 radical (unpaired) electrons. The summed E-state index contributed by atoms with van der Waals surface area (Å²) < 4.78 is 5.44. The maximum absolute atomic E-state index is 12.2. The lowest BCUT2D eigenvalue weighted by atomic mass is 9.94. The molecule has 0 aliphatic carbocycles. The van der Waals surface area contributed by atoms with Crippen molar-refractivity contribution in [1.29, 1.82) is 0 Å². The van der Waals surface area contributed by atoms with E-state index < -0.39 is 5.60 Å². The SMILES string of the molecule is Cc1nc(C2CCC(=O)NC2=O)ccc1N1CCN(C(=O)OC(C)(C)C)CC1. The summed E-state index contributed by atoms with van der Waals surface area (Å²) in [6, 6.07) is 3.84. The van der Waals surface area contributed by atoms with Crippen molar-refractivity contribution in [3.05, 3.63) is 23.5 Å². The predicted octanol–water partition coefficient (Wildman–Crippen LogP) is 1.97. The number of amides is 3. The molecule has 1 atom stereocenters. The van der Waals surface area contributed by atoms with Gasteiger partial charge >= 0.3 is 6.09 Å². The molecule has 0 aromatic carbocycles. The molecule has 0 bridgehead atoms. The highest BCUT2D eigenvalue weighted by Gasteiger charge is 2.30. The van der Waals surface area contributed by atoms with E-state index in [1.54, 1.807) is 4.90 Å². The number of aryl methyl sites for hydroxylation is 1. The van der Waals surface area contributed by atoms with Crippen molar-refractivity contribution in [2.45, 2.75) is 52.1 Å². The van der Waals surface area contributed by atoms with Crippen molar-refractivity contribution < 1.29 is 19.1 Å². The number of carbonyl (C=O) groups excluding carboxylic acids is 3. The largest absolute Gasteiger partial charge is 0.444 e. The van der Waals surface area contributed by atoms with Gasteiger partial charge in [0.15, 0.2) is 0 Å². The number of ether oxygens (including phenoxy) is 1. The van der Waals surface area contributed by atoms with Crippen LogP contribution in [0.3, 0.4) is 0 Å². The Morgan fingerprint density at radius 1 is 1.18 bits per heavy atom. The van der Waals surface area contributed by atoms with Crippen LogP contribution in [0.4, 0.5) is 10.5 Å². The van der Waals surface area contributed by atoms with Gasteiger partial charge in [-0.15, -0.1) is 0 Å². The second-order valence-electron chi connectivity index (χ2n) is 8.30. The summed E-state index contributed by atoms with van der Waals surface area (Å²) in [4.78, 5) is 44.2. The Morgan fingerprint density at radius 2 is 1.86 bits per heavy atom. The van der Waals surface area contributed by atoms with Crippen molar-refractivity contribution in [2.75, 3.05) is 31.1 Å². The monoisotopic (exact) mass is 388 g/mol. The van der Waals surface area contributed by atoms with E-state index in [0.717, 1.165) is 11.4 Å². The normalized spacial score (nSPS) is 20.8. The minimum absolute atomic E-state index is 0.225. The molecule has 28 heavy (non-hydrogen) atoms. The molecular weight excluding hydrogens is 360 g/mol. The Balaban J connectivity index is 1.63. The van der Waals surface area contributed by atoms with Crippen LogP contribution in [0, 0.1) is 6.92 Å². The number of aromatic nitrogens is 1. The second-order valence-corrected chi connectivity index (χ2v) is 8.30. The number of imide groups is 1. The first kappa shape index (κ1) is 20.1. The summed E-state index contributed by atoms with van der Waals surface area (Å²) in [6.07, 6.45) is 0.548. The highest BCUT2D eigenvalue weighted by molar-refractivity contribution is 6.00. The lowest BCUT2D eigenvalue weighted by Crippen LogP contribution is -2.50. The maximum atomic E-state index is 12.2. The van der Waals surface area contributed by atoms with E-state index in [4.69, 9.17) is 4.74 Å². The van der Waals surface area contributed by atoms with Gasteiger partial charge in [0.05, 0.1) is 23.0 Å². The number of piperidine rings is 1. The molecule has 8 heteroatoms. The van der Waals surface area contributed by atoms with Crippen molar-refractivity contribution in [2.24, 2.45) is 0 Å². The van der Waals surface area contributed by atoms with Crippen LogP contribution in [-0.2, 0) is 14.3 Å². The quantitative estimate of drug-likeness (QED) is 0.779. The summed E-state index contributed by atoms with van der Waals surface area (Å²) in [7, 11) is 0. The third-order valence-electron chi connectivity index (χ3n) is 4.95. The summed E-state index contributed by atoms with van der Waals surface area (Å²) >= 11 is 0. The summed E-state index contributed by atoms with van der Waals surface area (Å²) in [5, 5.41) is 2.38. The lowest BCUT2D eigenvalue weighted by molar-refractivity contribution is -0.134. The van der Waals surface area contributed by atoms with Gasteiger partial charge in [0, 0.05) is 32.6 Å². The van der Waals surface area contributed by atoms with Crippen LogP contribution < -0.4 is 10.2 Å². The summed E-state index contributed by atoms with van der Waals surface area (Å²) in [6.45, 7) is 10.1. The summed E-state index contributed by atoms with van der Waals surface area (Å²) in [5.74, 6) is -0.881. The molecule has 2 aliphatic heterocycles. The van der Waals surface area contributed by atoms with Crippen LogP contribution >= 0.6 is 0 Å². The van der Waals surface area contributed by atoms with E-state index >= 15 is 0 Å². The fraction of sp³-hybridized carbons (Fsp3) is 0.600.